The molecule has 0 N–H and O–H groups in total. The number of benzene rings is 2. The van der Waals surface area contributed by atoms with E-state index in [0.29, 0.717) is 21.3 Å². The third-order valence-corrected chi connectivity index (χ3v) is 6.87. The third-order valence-electron chi connectivity index (χ3n) is 5.54. The Labute approximate surface area is 180 Å². The molecule has 0 bridgehead atoms. The quantitative estimate of drug-likeness (QED) is 0.593. The molecule has 2 aromatic carbocycles. The Bertz CT molecular complexity index is 937. The zero-order valence-corrected chi connectivity index (χ0v) is 17.9. The average Bonchev–Trinajstić information content (AvgIpc) is 3.00. The fourth-order valence-corrected chi connectivity index (χ4v) is 5.12. The summed E-state index contributed by atoms with van der Waals surface area (Å²) in [4.78, 5) is 31.5. The predicted molar refractivity (Wildman–Crippen MR) is 118 cm³/mol. The number of anilines is 1. The highest BCUT2D eigenvalue weighted by atomic mass is 35.5. The lowest BCUT2D eigenvalue weighted by Gasteiger charge is -2.33. The molecule has 1 heterocycles. The topological polar surface area (TPSA) is 40.6 Å². The Hall–Kier alpha value is -2.24. The first kappa shape index (κ1) is 20.0. The number of carbonyl (C=O) groups excluding carboxylic acids is 2. The number of rotatable bonds is 5. The normalized spacial score (nSPS) is 17.9. The SMILES string of the molecule is CN(C1=C(Sc2ccc(Cl)cc2)C(=O)N(c2ccccc2)C1=O)C1CCCCC1. The molecular formula is C23H23ClN2O2S. The molecule has 0 spiro atoms. The molecule has 4 rings (SSSR count). The van der Waals surface area contributed by atoms with Crippen molar-refractivity contribution in [3.05, 3.63) is 70.2 Å². The van der Waals surface area contributed by atoms with Crippen LogP contribution in [0.15, 0.2) is 70.1 Å². The second-order valence-corrected chi connectivity index (χ2v) is 8.94. The van der Waals surface area contributed by atoms with Crippen molar-refractivity contribution in [1.29, 1.82) is 0 Å². The minimum absolute atomic E-state index is 0.245. The van der Waals surface area contributed by atoms with E-state index in [0.717, 1.165) is 30.6 Å². The van der Waals surface area contributed by atoms with Gasteiger partial charge in [0.25, 0.3) is 11.8 Å². The number of carbonyl (C=O) groups is 2. The van der Waals surface area contributed by atoms with Crippen LogP contribution in [0.5, 0.6) is 0 Å². The van der Waals surface area contributed by atoms with Crippen molar-refractivity contribution in [1.82, 2.24) is 4.90 Å². The van der Waals surface area contributed by atoms with Crippen LogP contribution >= 0.6 is 23.4 Å². The molecule has 0 radical (unpaired) electrons. The molecule has 150 valence electrons. The molecule has 1 aliphatic heterocycles. The lowest BCUT2D eigenvalue weighted by Crippen LogP contribution is -2.38. The Balaban J connectivity index is 1.72. The largest absolute Gasteiger partial charge is 0.366 e. The monoisotopic (exact) mass is 426 g/mol. The maximum atomic E-state index is 13.4. The molecule has 2 amide bonds. The van der Waals surface area contributed by atoms with Gasteiger partial charge in [-0.3, -0.25) is 9.59 Å². The zero-order chi connectivity index (χ0) is 20.4. The highest BCUT2D eigenvalue weighted by molar-refractivity contribution is 8.04. The molecule has 1 saturated carbocycles. The van der Waals surface area contributed by atoms with Gasteiger partial charge in [0.1, 0.15) is 10.6 Å². The summed E-state index contributed by atoms with van der Waals surface area (Å²) in [6.45, 7) is 0. The number of hydrogen-bond donors (Lipinski definition) is 0. The maximum absolute atomic E-state index is 13.4. The molecule has 1 fully saturated rings. The van der Waals surface area contributed by atoms with Crippen molar-refractivity contribution in [3.63, 3.8) is 0 Å². The molecule has 0 unspecified atom stereocenters. The minimum Gasteiger partial charge on any atom is -0.366 e. The van der Waals surface area contributed by atoms with Crippen LogP contribution in [0.2, 0.25) is 5.02 Å². The summed E-state index contributed by atoms with van der Waals surface area (Å²) in [5.74, 6) is -0.510. The summed E-state index contributed by atoms with van der Waals surface area (Å²) >= 11 is 7.34. The van der Waals surface area contributed by atoms with Crippen molar-refractivity contribution in [2.75, 3.05) is 11.9 Å². The molecule has 4 nitrogen and oxygen atoms in total. The second-order valence-electron chi connectivity index (χ2n) is 7.42. The molecule has 0 saturated heterocycles. The van der Waals surface area contributed by atoms with E-state index in [-0.39, 0.29) is 17.9 Å². The number of thioether (sulfide) groups is 1. The number of nitrogens with zero attached hydrogens (tertiary/aromatic N) is 2. The number of para-hydroxylation sites is 1. The minimum atomic E-state index is -0.265. The Morgan fingerprint density at radius 3 is 2.24 bits per heavy atom. The smallest absolute Gasteiger partial charge is 0.283 e. The molecule has 0 atom stereocenters. The van der Waals surface area contributed by atoms with E-state index >= 15 is 0 Å². The highest BCUT2D eigenvalue weighted by Gasteiger charge is 2.43. The number of imide groups is 1. The fraction of sp³-hybridized carbons (Fsp3) is 0.304. The number of halogens is 1. The second kappa shape index (κ2) is 8.64. The Morgan fingerprint density at radius 1 is 0.931 bits per heavy atom. The zero-order valence-electron chi connectivity index (χ0n) is 16.3. The van der Waals surface area contributed by atoms with Gasteiger partial charge in [0.2, 0.25) is 0 Å². The van der Waals surface area contributed by atoms with Gasteiger partial charge >= 0.3 is 0 Å². The predicted octanol–water partition coefficient (Wildman–Crippen LogP) is 5.48. The van der Waals surface area contributed by atoms with Crippen LogP contribution in [0.3, 0.4) is 0 Å². The molecule has 2 aliphatic rings. The van der Waals surface area contributed by atoms with Crippen molar-refractivity contribution >= 4 is 40.9 Å². The van der Waals surface area contributed by atoms with Crippen LogP contribution in [0.25, 0.3) is 0 Å². The van der Waals surface area contributed by atoms with Gasteiger partial charge in [-0.25, -0.2) is 4.90 Å². The number of likely N-dealkylation sites (N-methyl/N-ethyl adjacent to an activating group) is 1. The van der Waals surface area contributed by atoms with Crippen molar-refractivity contribution in [3.8, 4) is 0 Å². The number of amides is 2. The molecule has 29 heavy (non-hydrogen) atoms. The van der Waals surface area contributed by atoms with Crippen LogP contribution in [-0.2, 0) is 9.59 Å². The van der Waals surface area contributed by atoms with Gasteiger partial charge in [-0.15, -0.1) is 0 Å². The van der Waals surface area contributed by atoms with Gasteiger partial charge in [-0.05, 0) is 49.2 Å². The van der Waals surface area contributed by atoms with Gasteiger partial charge in [0.05, 0.1) is 5.69 Å². The Morgan fingerprint density at radius 2 is 1.59 bits per heavy atom. The van der Waals surface area contributed by atoms with Gasteiger partial charge in [0.15, 0.2) is 0 Å². The van der Waals surface area contributed by atoms with E-state index in [1.165, 1.54) is 23.1 Å². The molecule has 6 heteroatoms. The van der Waals surface area contributed by atoms with Crippen LogP contribution < -0.4 is 4.90 Å². The van der Waals surface area contributed by atoms with Crippen molar-refractivity contribution in [2.24, 2.45) is 0 Å². The summed E-state index contributed by atoms with van der Waals surface area (Å²) in [5.41, 5.74) is 1.11. The highest BCUT2D eigenvalue weighted by Crippen LogP contribution is 2.40. The third kappa shape index (κ3) is 4.07. The van der Waals surface area contributed by atoms with E-state index < -0.39 is 0 Å². The van der Waals surface area contributed by atoms with E-state index in [2.05, 4.69) is 0 Å². The van der Waals surface area contributed by atoms with Gasteiger partial charge in [-0.2, -0.15) is 0 Å². The first-order valence-corrected chi connectivity index (χ1v) is 11.1. The van der Waals surface area contributed by atoms with E-state index in [4.69, 9.17) is 11.6 Å². The van der Waals surface area contributed by atoms with Crippen LogP contribution in [0.4, 0.5) is 5.69 Å². The summed E-state index contributed by atoms with van der Waals surface area (Å²) < 4.78 is 0. The Kier molecular flexibility index (Phi) is 5.97. The van der Waals surface area contributed by atoms with Gasteiger partial charge < -0.3 is 4.90 Å². The van der Waals surface area contributed by atoms with Crippen LogP contribution in [-0.4, -0.2) is 29.8 Å². The number of hydrogen-bond acceptors (Lipinski definition) is 4. The molecular weight excluding hydrogens is 404 g/mol. The summed E-state index contributed by atoms with van der Waals surface area (Å²) in [7, 11) is 1.95. The summed E-state index contributed by atoms with van der Waals surface area (Å²) in [6, 6.07) is 16.8. The standard InChI is InChI=1S/C23H23ClN2O2S/c1-25(17-8-4-2-5-9-17)20-21(29-19-14-12-16(24)13-15-19)23(28)26(22(20)27)18-10-6-3-7-11-18/h3,6-7,10-15,17H,2,4-5,8-9H2,1H3. The fourth-order valence-electron chi connectivity index (χ4n) is 3.98. The first-order valence-electron chi connectivity index (χ1n) is 9.90. The van der Waals surface area contributed by atoms with Crippen molar-refractivity contribution < 1.29 is 9.59 Å². The average molecular weight is 427 g/mol. The molecule has 0 aromatic heterocycles. The van der Waals surface area contributed by atoms with Crippen LogP contribution in [0.1, 0.15) is 32.1 Å². The van der Waals surface area contributed by atoms with Gasteiger partial charge in [0, 0.05) is 23.0 Å². The maximum Gasteiger partial charge on any atom is 0.283 e. The summed E-state index contributed by atoms with van der Waals surface area (Å²) in [6.07, 6.45) is 5.65. The van der Waals surface area contributed by atoms with E-state index in [9.17, 15) is 9.59 Å². The summed E-state index contributed by atoms with van der Waals surface area (Å²) in [5, 5.41) is 0.641. The molecule has 1 aliphatic carbocycles. The van der Waals surface area contributed by atoms with Crippen LogP contribution in [0, 0.1) is 0 Å². The lowest BCUT2D eigenvalue weighted by atomic mass is 9.94. The van der Waals surface area contributed by atoms with E-state index in [1.807, 2.05) is 42.3 Å². The molecule has 2 aromatic rings. The van der Waals surface area contributed by atoms with Crippen molar-refractivity contribution in [2.45, 2.75) is 43.0 Å². The van der Waals surface area contributed by atoms with Gasteiger partial charge in [-0.1, -0.05) is 60.8 Å². The van der Waals surface area contributed by atoms with E-state index in [1.54, 1.807) is 24.3 Å². The lowest BCUT2D eigenvalue weighted by molar-refractivity contribution is -0.121. The first-order chi connectivity index (χ1) is 14.1.